The van der Waals surface area contributed by atoms with Crippen LogP contribution in [0.4, 0.5) is 11.6 Å². The minimum atomic E-state index is 0.622. The Hall–Kier alpha value is -1.69. The van der Waals surface area contributed by atoms with Gasteiger partial charge in [-0.05, 0) is 19.2 Å². The van der Waals surface area contributed by atoms with Crippen molar-refractivity contribution < 1.29 is 4.42 Å². The van der Waals surface area contributed by atoms with Gasteiger partial charge in [-0.3, -0.25) is 4.90 Å². The van der Waals surface area contributed by atoms with Crippen LogP contribution in [0, 0.1) is 12.3 Å². The molecule has 0 aliphatic rings. The molecular weight excluding hydrogens is 330 g/mol. The zero-order chi connectivity index (χ0) is 16.5. The summed E-state index contributed by atoms with van der Waals surface area (Å²) < 4.78 is 14.1. The quantitative estimate of drug-likeness (QED) is 0.504. The lowest BCUT2D eigenvalue weighted by Gasteiger charge is -2.10. The van der Waals surface area contributed by atoms with Crippen LogP contribution in [-0.4, -0.2) is 46.6 Å². The molecule has 124 valence electrons. The minimum absolute atomic E-state index is 0.622. The number of nitrogens with zero attached hydrogens (tertiary/aromatic N) is 3. The Morgan fingerprint density at radius 3 is 2.91 bits per heavy atom. The average Bonchev–Trinajstić information content (AvgIpc) is 3.16. The lowest BCUT2D eigenvalue weighted by Crippen LogP contribution is -2.17. The van der Waals surface area contributed by atoms with Crippen molar-refractivity contribution in [2.75, 3.05) is 43.6 Å². The molecule has 23 heavy (non-hydrogen) atoms. The molecule has 0 fully saturated rings. The standard InChI is InChI=1S/C15H21N5OS2/c1-4-8-20(3)10-12-5-6-13(21-12)11-22-9-7-17-15-14(16-2)18-23-19-15/h1,5-6H,7-11H2,2-3H3,(H,16,18)(H,17,19). The Kier molecular flexibility index (Phi) is 7.26. The van der Waals surface area contributed by atoms with E-state index in [0.717, 1.165) is 47.8 Å². The highest BCUT2D eigenvalue weighted by Gasteiger charge is 2.06. The molecule has 0 unspecified atom stereocenters. The normalized spacial score (nSPS) is 10.7. The first-order chi connectivity index (χ1) is 11.2. The predicted octanol–water partition coefficient (Wildman–Crippen LogP) is 2.58. The Bertz CT molecular complexity index is 634. The molecular formula is C15H21N5OS2. The number of thioether (sulfide) groups is 1. The van der Waals surface area contributed by atoms with Crippen LogP contribution in [0.2, 0.25) is 0 Å². The van der Waals surface area contributed by atoms with Gasteiger partial charge in [0.15, 0.2) is 11.6 Å². The van der Waals surface area contributed by atoms with Crippen molar-refractivity contribution in [1.82, 2.24) is 13.6 Å². The van der Waals surface area contributed by atoms with Crippen molar-refractivity contribution in [2.24, 2.45) is 0 Å². The van der Waals surface area contributed by atoms with E-state index in [-0.39, 0.29) is 0 Å². The maximum atomic E-state index is 5.81. The van der Waals surface area contributed by atoms with Gasteiger partial charge in [-0.25, -0.2) is 0 Å². The van der Waals surface area contributed by atoms with Crippen LogP contribution in [0.3, 0.4) is 0 Å². The molecule has 0 saturated carbocycles. The fraction of sp³-hybridized carbons (Fsp3) is 0.467. The fourth-order valence-corrected chi connectivity index (χ4v) is 3.23. The van der Waals surface area contributed by atoms with Gasteiger partial charge in [0, 0.05) is 19.3 Å². The summed E-state index contributed by atoms with van der Waals surface area (Å²) in [6.07, 6.45) is 5.29. The van der Waals surface area contributed by atoms with E-state index in [9.17, 15) is 0 Å². The van der Waals surface area contributed by atoms with E-state index in [1.54, 1.807) is 0 Å². The molecule has 0 aliphatic heterocycles. The van der Waals surface area contributed by atoms with Crippen molar-refractivity contribution in [1.29, 1.82) is 0 Å². The minimum Gasteiger partial charge on any atom is -0.464 e. The molecule has 0 aliphatic carbocycles. The van der Waals surface area contributed by atoms with Crippen LogP contribution in [-0.2, 0) is 12.3 Å². The Morgan fingerprint density at radius 1 is 1.35 bits per heavy atom. The summed E-state index contributed by atoms with van der Waals surface area (Å²) in [5, 5.41) is 6.28. The molecule has 0 aromatic carbocycles. The highest BCUT2D eigenvalue weighted by Crippen LogP contribution is 2.19. The van der Waals surface area contributed by atoms with Crippen LogP contribution >= 0.6 is 23.5 Å². The van der Waals surface area contributed by atoms with E-state index >= 15 is 0 Å². The molecule has 2 N–H and O–H groups in total. The molecule has 2 heterocycles. The lowest BCUT2D eigenvalue weighted by molar-refractivity contribution is 0.322. The Labute approximate surface area is 145 Å². The summed E-state index contributed by atoms with van der Waals surface area (Å²) in [5.74, 6) is 8.00. The van der Waals surface area contributed by atoms with E-state index in [1.165, 1.54) is 11.7 Å². The number of rotatable bonds is 10. The smallest absolute Gasteiger partial charge is 0.184 e. The van der Waals surface area contributed by atoms with Gasteiger partial charge < -0.3 is 15.1 Å². The summed E-state index contributed by atoms with van der Waals surface area (Å²) >= 11 is 3.02. The summed E-state index contributed by atoms with van der Waals surface area (Å²) in [4.78, 5) is 2.04. The first kappa shape index (κ1) is 17.7. The number of anilines is 2. The lowest BCUT2D eigenvalue weighted by atomic mass is 10.4. The zero-order valence-electron chi connectivity index (χ0n) is 13.3. The van der Waals surface area contributed by atoms with Gasteiger partial charge in [0.25, 0.3) is 0 Å². The molecule has 0 bridgehead atoms. The fourth-order valence-electron chi connectivity index (χ4n) is 1.95. The average molecular weight is 352 g/mol. The Morgan fingerprint density at radius 2 is 2.13 bits per heavy atom. The van der Waals surface area contributed by atoms with Crippen molar-refractivity contribution >= 4 is 35.1 Å². The number of hydrogen-bond acceptors (Lipinski definition) is 8. The third-order valence-electron chi connectivity index (χ3n) is 3.01. The molecule has 2 aromatic heterocycles. The van der Waals surface area contributed by atoms with Crippen LogP contribution in [0.15, 0.2) is 16.5 Å². The van der Waals surface area contributed by atoms with Crippen molar-refractivity contribution in [3.63, 3.8) is 0 Å². The van der Waals surface area contributed by atoms with Gasteiger partial charge in [0.2, 0.25) is 0 Å². The van der Waals surface area contributed by atoms with Gasteiger partial charge in [0.1, 0.15) is 11.5 Å². The van der Waals surface area contributed by atoms with E-state index in [2.05, 4.69) is 25.3 Å². The molecule has 2 aromatic rings. The molecule has 0 radical (unpaired) electrons. The summed E-state index contributed by atoms with van der Waals surface area (Å²) in [5.41, 5.74) is 0. The van der Waals surface area contributed by atoms with Crippen LogP contribution in [0.25, 0.3) is 0 Å². The maximum absolute atomic E-state index is 5.81. The molecule has 2 rings (SSSR count). The molecule has 8 heteroatoms. The predicted molar refractivity (Wildman–Crippen MR) is 98.0 cm³/mol. The Balaban J connectivity index is 1.65. The number of furan rings is 1. The van der Waals surface area contributed by atoms with Crippen LogP contribution in [0.1, 0.15) is 11.5 Å². The first-order valence-corrected chi connectivity index (χ1v) is 9.13. The van der Waals surface area contributed by atoms with Gasteiger partial charge in [-0.15, -0.1) is 6.42 Å². The number of nitrogens with one attached hydrogen (secondary N) is 2. The SMILES string of the molecule is C#CCN(C)Cc1ccc(CSCCNc2nsnc2NC)o1. The van der Waals surface area contributed by atoms with Gasteiger partial charge >= 0.3 is 0 Å². The largest absolute Gasteiger partial charge is 0.464 e. The van der Waals surface area contributed by atoms with Crippen molar-refractivity contribution in [2.45, 2.75) is 12.3 Å². The summed E-state index contributed by atoms with van der Waals surface area (Å²) in [6, 6.07) is 4.05. The van der Waals surface area contributed by atoms with Gasteiger partial charge in [-0.2, -0.15) is 20.5 Å². The van der Waals surface area contributed by atoms with Crippen LogP contribution in [0.5, 0.6) is 0 Å². The van der Waals surface area contributed by atoms with Crippen LogP contribution < -0.4 is 10.6 Å². The van der Waals surface area contributed by atoms with E-state index in [1.807, 2.05) is 42.9 Å². The van der Waals surface area contributed by atoms with Gasteiger partial charge in [-0.1, -0.05) is 5.92 Å². The highest BCUT2D eigenvalue weighted by atomic mass is 32.2. The van der Waals surface area contributed by atoms with Crippen molar-refractivity contribution in [3.05, 3.63) is 23.7 Å². The van der Waals surface area contributed by atoms with E-state index in [4.69, 9.17) is 10.8 Å². The molecule has 0 atom stereocenters. The zero-order valence-corrected chi connectivity index (χ0v) is 15.0. The number of hydrogen-bond donors (Lipinski definition) is 2. The maximum Gasteiger partial charge on any atom is 0.184 e. The molecule has 0 spiro atoms. The monoisotopic (exact) mass is 351 g/mol. The second kappa shape index (κ2) is 9.45. The van der Waals surface area contributed by atoms with Crippen molar-refractivity contribution in [3.8, 4) is 12.3 Å². The second-order valence-electron chi connectivity index (χ2n) is 4.94. The third-order valence-corrected chi connectivity index (χ3v) is 4.52. The summed E-state index contributed by atoms with van der Waals surface area (Å²) in [6.45, 7) is 2.19. The van der Waals surface area contributed by atoms with E-state index in [0.29, 0.717) is 6.54 Å². The molecule has 0 amide bonds. The van der Waals surface area contributed by atoms with E-state index < -0.39 is 0 Å². The highest BCUT2D eigenvalue weighted by molar-refractivity contribution is 7.98. The molecule has 6 nitrogen and oxygen atoms in total. The first-order valence-electron chi connectivity index (χ1n) is 7.24. The van der Waals surface area contributed by atoms with Gasteiger partial charge in [0.05, 0.1) is 30.6 Å². The molecule has 0 saturated heterocycles. The number of terminal acetylenes is 1. The topological polar surface area (TPSA) is 66.2 Å². The second-order valence-corrected chi connectivity index (χ2v) is 6.57. The summed E-state index contributed by atoms with van der Waals surface area (Å²) in [7, 11) is 3.82. The number of aromatic nitrogens is 2. The third kappa shape index (κ3) is 5.78.